The number of anilines is 1. The molecule has 8 nitrogen and oxygen atoms in total. The molecule has 1 fully saturated rings. The van der Waals surface area contributed by atoms with Crippen molar-refractivity contribution in [2.75, 3.05) is 25.6 Å². The van der Waals surface area contributed by atoms with E-state index in [2.05, 4.69) is 10.1 Å². The summed E-state index contributed by atoms with van der Waals surface area (Å²) in [5, 5.41) is 2.31. The van der Waals surface area contributed by atoms with Gasteiger partial charge in [0.1, 0.15) is 6.54 Å². The average molecular weight is 509 g/mol. The van der Waals surface area contributed by atoms with E-state index in [1.807, 2.05) is 13.0 Å². The van der Waals surface area contributed by atoms with Crippen molar-refractivity contribution in [3.63, 3.8) is 0 Å². The number of thioether (sulfide) groups is 1. The quantitative estimate of drug-likeness (QED) is 0.432. The highest BCUT2D eigenvalue weighted by Gasteiger charge is 2.36. The van der Waals surface area contributed by atoms with Crippen molar-refractivity contribution in [2.45, 2.75) is 6.92 Å². The minimum Gasteiger partial charge on any atom is -0.479 e. The number of rotatable bonds is 7. The summed E-state index contributed by atoms with van der Waals surface area (Å²) in [5.74, 6) is -1.63. The van der Waals surface area contributed by atoms with Gasteiger partial charge >= 0.3 is 5.97 Å². The Morgan fingerprint density at radius 1 is 1.15 bits per heavy atom. The van der Waals surface area contributed by atoms with Crippen molar-refractivity contribution < 1.29 is 28.7 Å². The van der Waals surface area contributed by atoms with Gasteiger partial charge in [0.25, 0.3) is 11.1 Å². The zero-order valence-electron chi connectivity index (χ0n) is 17.5. The number of nitrogens with one attached hydrogen (secondary N) is 1. The molecular formula is C22H18Cl2N2O6S. The largest absolute Gasteiger partial charge is 0.479 e. The smallest absolute Gasteiger partial charge is 0.343 e. The van der Waals surface area contributed by atoms with Crippen LogP contribution in [0.1, 0.15) is 11.1 Å². The van der Waals surface area contributed by atoms with Crippen LogP contribution in [0, 0.1) is 6.92 Å². The second-order valence-electron chi connectivity index (χ2n) is 6.86. The molecule has 1 heterocycles. The molecule has 3 amide bonds. The van der Waals surface area contributed by atoms with Crippen LogP contribution in [-0.4, -0.2) is 48.2 Å². The lowest BCUT2D eigenvalue weighted by atomic mass is 10.2. The van der Waals surface area contributed by atoms with E-state index >= 15 is 0 Å². The van der Waals surface area contributed by atoms with Crippen molar-refractivity contribution in [1.29, 1.82) is 0 Å². The van der Waals surface area contributed by atoms with E-state index in [-0.39, 0.29) is 27.3 Å². The number of aryl methyl sites for hydroxylation is 1. The third-order valence-corrected chi connectivity index (χ3v) is 5.83. The molecule has 33 heavy (non-hydrogen) atoms. The Morgan fingerprint density at radius 2 is 1.85 bits per heavy atom. The van der Waals surface area contributed by atoms with Crippen LogP contribution in [0.15, 0.2) is 41.3 Å². The lowest BCUT2D eigenvalue weighted by molar-refractivity contribution is -0.142. The predicted octanol–water partition coefficient (Wildman–Crippen LogP) is 4.53. The Morgan fingerprint density at radius 3 is 2.48 bits per heavy atom. The molecule has 1 aliphatic rings. The standard InChI is InChI=1S/C22H18Cl2N2O6S/c1-12-4-3-5-14(6-12)25-18(27)10-26-21(29)17(33-22(26)30)9-13-7-15(23)20(16(24)8-13)32-11-19(28)31-2/h3-9H,10-11H2,1-2H3,(H,25,27)/b17-9-. The van der Waals surface area contributed by atoms with E-state index < -0.39 is 29.6 Å². The molecule has 11 heteroatoms. The lowest BCUT2D eigenvalue weighted by Crippen LogP contribution is -2.36. The number of methoxy groups -OCH3 is 1. The molecule has 0 radical (unpaired) electrons. The maximum absolute atomic E-state index is 12.7. The second-order valence-corrected chi connectivity index (χ2v) is 8.67. The van der Waals surface area contributed by atoms with E-state index in [1.165, 1.54) is 25.3 Å². The number of halogens is 2. The fourth-order valence-corrected chi connectivity index (χ4v) is 4.30. The van der Waals surface area contributed by atoms with E-state index in [0.29, 0.717) is 23.0 Å². The van der Waals surface area contributed by atoms with Gasteiger partial charge in [-0.05, 0) is 60.2 Å². The van der Waals surface area contributed by atoms with Crippen LogP contribution in [0.25, 0.3) is 6.08 Å². The maximum Gasteiger partial charge on any atom is 0.343 e. The highest BCUT2D eigenvalue weighted by Crippen LogP contribution is 2.37. The Balaban J connectivity index is 1.71. The molecule has 1 saturated heterocycles. The number of ether oxygens (including phenoxy) is 2. The number of esters is 1. The van der Waals surface area contributed by atoms with Crippen LogP contribution in [0.4, 0.5) is 10.5 Å². The van der Waals surface area contributed by atoms with E-state index in [4.69, 9.17) is 27.9 Å². The second kappa shape index (κ2) is 10.7. The van der Waals surface area contributed by atoms with Gasteiger partial charge in [0.15, 0.2) is 12.4 Å². The molecule has 0 bridgehead atoms. The molecule has 0 atom stereocenters. The van der Waals surface area contributed by atoms with Crippen molar-refractivity contribution in [1.82, 2.24) is 4.90 Å². The number of amides is 3. The molecule has 1 N–H and O–H groups in total. The summed E-state index contributed by atoms with van der Waals surface area (Å²) in [5.41, 5.74) is 1.97. The first-order valence-electron chi connectivity index (χ1n) is 9.48. The van der Waals surface area contributed by atoms with Crippen LogP contribution < -0.4 is 10.1 Å². The van der Waals surface area contributed by atoms with Crippen LogP contribution in [0.3, 0.4) is 0 Å². The van der Waals surface area contributed by atoms with Gasteiger partial charge in [0.2, 0.25) is 5.91 Å². The monoisotopic (exact) mass is 508 g/mol. The first-order chi connectivity index (χ1) is 15.7. The molecular weight excluding hydrogens is 491 g/mol. The molecule has 172 valence electrons. The number of carbonyl (C=O) groups is 4. The minimum absolute atomic E-state index is 0.0850. The van der Waals surface area contributed by atoms with Crippen LogP contribution in [-0.2, 0) is 19.1 Å². The first kappa shape index (κ1) is 24.6. The van der Waals surface area contributed by atoms with Crippen molar-refractivity contribution >= 4 is 69.8 Å². The molecule has 0 unspecified atom stereocenters. The van der Waals surface area contributed by atoms with Gasteiger partial charge in [-0.15, -0.1) is 0 Å². The number of hydrogen-bond donors (Lipinski definition) is 1. The van der Waals surface area contributed by atoms with Gasteiger partial charge in [-0.3, -0.25) is 19.3 Å². The molecule has 1 aliphatic heterocycles. The summed E-state index contributed by atoms with van der Waals surface area (Å²) in [6.45, 7) is 1.09. The average Bonchev–Trinajstić information content (AvgIpc) is 3.00. The van der Waals surface area contributed by atoms with Gasteiger partial charge in [-0.1, -0.05) is 35.3 Å². The lowest BCUT2D eigenvalue weighted by Gasteiger charge is -2.12. The SMILES string of the molecule is COC(=O)COc1c(Cl)cc(/C=C2\SC(=O)N(CC(=O)Nc3cccc(C)c3)C2=O)cc1Cl. The zero-order valence-corrected chi connectivity index (χ0v) is 19.8. The van der Waals surface area contributed by atoms with Crippen molar-refractivity contribution in [3.8, 4) is 5.75 Å². The Bertz CT molecular complexity index is 1140. The van der Waals surface area contributed by atoms with Gasteiger partial charge < -0.3 is 14.8 Å². The number of hydrogen-bond acceptors (Lipinski definition) is 7. The predicted molar refractivity (Wildman–Crippen MR) is 126 cm³/mol. The highest BCUT2D eigenvalue weighted by molar-refractivity contribution is 8.18. The topological polar surface area (TPSA) is 102 Å². The summed E-state index contributed by atoms with van der Waals surface area (Å²) < 4.78 is 9.76. The van der Waals surface area contributed by atoms with E-state index in [1.54, 1.807) is 18.2 Å². The minimum atomic E-state index is -0.609. The highest BCUT2D eigenvalue weighted by atomic mass is 35.5. The van der Waals surface area contributed by atoms with Gasteiger partial charge in [-0.25, -0.2) is 4.79 Å². The number of benzene rings is 2. The van der Waals surface area contributed by atoms with E-state index in [9.17, 15) is 19.2 Å². The van der Waals surface area contributed by atoms with Gasteiger partial charge in [-0.2, -0.15) is 0 Å². The summed E-state index contributed by atoms with van der Waals surface area (Å²) in [6.07, 6.45) is 1.44. The van der Waals surface area contributed by atoms with Gasteiger partial charge in [0, 0.05) is 5.69 Å². The van der Waals surface area contributed by atoms with E-state index in [0.717, 1.165) is 10.5 Å². The summed E-state index contributed by atoms with van der Waals surface area (Å²) in [6, 6.07) is 10.1. The van der Waals surface area contributed by atoms with Crippen LogP contribution >= 0.6 is 35.0 Å². The third-order valence-electron chi connectivity index (χ3n) is 4.36. The summed E-state index contributed by atoms with van der Waals surface area (Å²) in [4.78, 5) is 49.6. The van der Waals surface area contributed by atoms with Crippen LogP contribution in [0.2, 0.25) is 10.0 Å². The first-order valence-corrected chi connectivity index (χ1v) is 11.1. The number of carbonyl (C=O) groups excluding carboxylic acids is 4. The Kier molecular flexibility index (Phi) is 8.01. The zero-order chi connectivity index (χ0) is 24.1. The maximum atomic E-state index is 12.7. The molecule has 0 spiro atoms. The molecule has 0 saturated carbocycles. The molecule has 3 rings (SSSR count). The fourth-order valence-electron chi connectivity index (χ4n) is 2.85. The molecule has 0 aromatic heterocycles. The number of nitrogens with zero attached hydrogens (tertiary/aromatic N) is 1. The molecule has 2 aromatic rings. The normalized spacial score (nSPS) is 14.5. The Hall–Kier alpha value is -3.01. The third kappa shape index (κ3) is 6.28. The van der Waals surface area contributed by atoms with Gasteiger partial charge in [0.05, 0.1) is 22.1 Å². The molecule has 0 aliphatic carbocycles. The number of imide groups is 1. The van der Waals surface area contributed by atoms with Crippen molar-refractivity contribution in [2.24, 2.45) is 0 Å². The summed E-state index contributed by atoms with van der Waals surface area (Å²) in [7, 11) is 1.22. The Labute approximate surface area is 203 Å². The molecule has 2 aromatic carbocycles. The summed E-state index contributed by atoms with van der Waals surface area (Å²) >= 11 is 13.1. The van der Waals surface area contributed by atoms with Crippen LogP contribution in [0.5, 0.6) is 5.75 Å². The van der Waals surface area contributed by atoms with Crippen molar-refractivity contribution in [3.05, 3.63) is 62.5 Å². The fraction of sp³-hybridized carbons (Fsp3) is 0.182.